The van der Waals surface area contributed by atoms with E-state index >= 15 is 0 Å². The van der Waals surface area contributed by atoms with E-state index in [4.69, 9.17) is 5.73 Å². The fraction of sp³-hybridized carbons (Fsp3) is 1.00. The lowest BCUT2D eigenvalue weighted by Gasteiger charge is -2.29. The summed E-state index contributed by atoms with van der Waals surface area (Å²) < 4.78 is 0. The van der Waals surface area contributed by atoms with Crippen LogP contribution in [0.25, 0.3) is 0 Å². The number of nitrogens with zero attached hydrogens (tertiary/aromatic N) is 1. The third-order valence-electron chi connectivity index (χ3n) is 2.82. The van der Waals surface area contributed by atoms with Crippen LogP contribution in [0.5, 0.6) is 0 Å². The van der Waals surface area contributed by atoms with Gasteiger partial charge in [-0.3, -0.25) is 4.90 Å². The van der Waals surface area contributed by atoms with Crippen LogP contribution in [0.2, 0.25) is 0 Å². The van der Waals surface area contributed by atoms with Crippen molar-refractivity contribution in [2.45, 2.75) is 67.5 Å². The Morgan fingerprint density at radius 1 is 0.789 bits per heavy atom. The molecule has 0 aliphatic rings. The van der Waals surface area contributed by atoms with Crippen LogP contribution in [0, 0.1) is 11.8 Å². The predicted molar refractivity (Wildman–Crippen MR) is 88.6 cm³/mol. The molecule has 0 saturated heterocycles. The van der Waals surface area contributed by atoms with E-state index in [-0.39, 0.29) is 0 Å². The lowest BCUT2D eigenvalue weighted by Crippen LogP contribution is -2.40. The average Bonchev–Trinajstić information content (AvgIpc) is 2.24. The van der Waals surface area contributed by atoms with Gasteiger partial charge >= 0.3 is 0 Å². The maximum absolute atomic E-state index is 5.46. The van der Waals surface area contributed by atoms with Gasteiger partial charge in [-0.25, -0.2) is 0 Å². The molecule has 0 aromatic carbocycles. The summed E-state index contributed by atoms with van der Waals surface area (Å²) in [4.78, 5) is 2.39. The summed E-state index contributed by atoms with van der Waals surface area (Å²) in [5, 5.41) is 3.38. The molecule has 0 rings (SSSR count). The molecule has 19 heavy (non-hydrogen) atoms. The van der Waals surface area contributed by atoms with Gasteiger partial charge in [0.15, 0.2) is 0 Å². The van der Waals surface area contributed by atoms with Crippen LogP contribution >= 0.6 is 0 Å². The maximum Gasteiger partial charge on any atom is 0.0110 e. The van der Waals surface area contributed by atoms with Crippen LogP contribution in [0.3, 0.4) is 0 Å². The van der Waals surface area contributed by atoms with Crippen LogP contribution in [0.4, 0.5) is 0 Å². The van der Waals surface area contributed by atoms with Gasteiger partial charge in [-0.2, -0.15) is 0 Å². The highest BCUT2D eigenvalue weighted by Gasteiger charge is 2.10. The Morgan fingerprint density at radius 3 is 1.32 bits per heavy atom. The van der Waals surface area contributed by atoms with Gasteiger partial charge in [0.1, 0.15) is 0 Å². The van der Waals surface area contributed by atoms with Crippen molar-refractivity contribution in [3.8, 4) is 0 Å². The van der Waals surface area contributed by atoms with E-state index in [9.17, 15) is 0 Å². The predicted octanol–water partition coefficient (Wildman–Crippen LogP) is 2.95. The third-order valence-corrected chi connectivity index (χ3v) is 2.82. The smallest absolute Gasteiger partial charge is 0.0110 e. The molecule has 3 nitrogen and oxygen atoms in total. The fourth-order valence-corrected chi connectivity index (χ4v) is 1.92. The zero-order valence-electron chi connectivity index (χ0n) is 14.7. The fourth-order valence-electron chi connectivity index (χ4n) is 1.92. The van der Waals surface area contributed by atoms with Gasteiger partial charge in [0, 0.05) is 25.2 Å². The Hall–Kier alpha value is -0.120. The largest absolute Gasteiger partial charge is 0.329 e. The van der Waals surface area contributed by atoms with Gasteiger partial charge < -0.3 is 11.1 Å². The first-order valence-corrected chi connectivity index (χ1v) is 7.88. The molecule has 0 aliphatic carbocycles. The minimum atomic E-state index is 0.614. The van der Waals surface area contributed by atoms with Crippen LogP contribution in [0.1, 0.15) is 55.4 Å². The van der Waals surface area contributed by atoms with E-state index in [1.54, 1.807) is 0 Å². The van der Waals surface area contributed by atoms with Gasteiger partial charge in [-0.1, -0.05) is 27.7 Å². The lowest BCUT2D eigenvalue weighted by atomic mass is 10.2. The van der Waals surface area contributed by atoms with Gasteiger partial charge in [0.25, 0.3) is 0 Å². The van der Waals surface area contributed by atoms with Crippen molar-refractivity contribution in [3.63, 3.8) is 0 Å². The minimum Gasteiger partial charge on any atom is -0.329 e. The summed E-state index contributed by atoms with van der Waals surface area (Å²) in [6, 6.07) is 1.23. The van der Waals surface area contributed by atoms with E-state index < -0.39 is 0 Å². The molecule has 0 atom stereocenters. The molecule has 3 N–H and O–H groups in total. The van der Waals surface area contributed by atoms with E-state index in [1.807, 2.05) is 0 Å². The standard InChI is InChI=1S/C8H20N2.C8H19N/c1-7(2)10(6-5-9)8(3)4;1-7(2)5-9-6-8(3)4/h7-8H,5-6,9H2,1-4H3;7-9H,5-6H2,1-4H3. The molecule has 0 amide bonds. The first-order chi connectivity index (χ1) is 8.72. The number of hydrogen-bond acceptors (Lipinski definition) is 3. The van der Waals surface area contributed by atoms with Crippen molar-refractivity contribution in [3.05, 3.63) is 0 Å². The second-order valence-corrected chi connectivity index (χ2v) is 6.66. The van der Waals surface area contributed by atoms with Crippen LogP contribution in [-0.2, 0) is 0 Å². The summed E-state index contributed by atoms with van der Waals surface area (Å²) in [6.07, 6.45) is 0. The molecular formula is C16H39N3. The molecule has 0 aromatic heterocycles. The summed E-state index contributed by atoms with van der Waals surface area (Å²) in [7, 11) is 0. The Labute approximate surface area is 122 Å². The second-order valence-electron chi connectivity index (χ2n) is 6.66. The van der Waals surface area contributed by atoms with Gasteiger partial charge in [-0.05, 0) is 52.6 Å². The molecule has 0 aromatic rings. The summed E-state index contributed by atoms with van der Waals surface area (Å²) in [5.41, 5.74) is 5.46. The molecule has 0 saturated carbocycles. The van der Waals surface area contributed by atoms with E-state index in [2.05, 4.69) is 65.6 Å². The van der Waals surface area contributed by atoms with Crippen LogP contribution < -0.4 is 11.1 Å². The molecule has 0 bridgehead atoms. The Kier molecular flexibility index (Phi) is 14.4. The van der Waals surface area contributed by atoms with Crippen molar-refractivity contribution >= 4 is 0 Å². The first kappa shape index (κ1) is 21.2. The SMILES string of the molecule is CC(C)CNCC(C)C.CC(C)N(CCN)C(C)C. The molecule has 0 spiro atoms. The van der Waals surface area contributed by atoms with Crippen molar-refractivity contribution in [1.29, 1.82) is 0 Å². The zero-order chi connectivity index (χ0) is 15.4. The molecule has 0 radical (unpaired) electrons. The minimum absolute atomic E-state index is 0.614. The van der Waals surface area contributed by atoms with Crippen LogP contribution in [-0.4, -0.2) is 43.2 Å². The highest BCUT2D eigenvalue weighted by molar-refractivity contribution is 4.66. The Morgan fingerprint density at radius 2 is 1.16 bits per heavy atom. The monoisotopic (exact) mass is 273 g/mol. The molecule has 0 aliphatic heterocycles. The third kappa shape index (κ3) is 15.8. The molecule has 0 heterocycles. The topological polar surface area (TPSA) is 41.3 Å². The van der Waals surface area contributed by atoms with Crippen molar-refractivity contribution in [1.82, 2.24) is 10.2 Å². The number of hydrogen-bond donors (Lipinski definition) is 2. The Balaban J connectivity index is 0. The lowest BCUT2D eigenvalue weighted by molar-refractivity contribution is 0.180. The molecule has 0 fully saturated rings. The van der Waals surface area contributed by atoms with Gasteiger partial charge in [0.2, 0.25) is 0 Å². The highest BCUT2D eigenvalue weighted by Crippen LogP contribution is 2.02. The molecule has 118 valence electrons. The zero-order valence-corrected chi connectivity index (χ0v) is 14.7. The van der Waals surface area contributed by atoms with Crippen molar-refractivity contribution in [2.75, 3.05) is 26.2 Å². The summed E-state index contributed by atoms with van der Waals surface area (Å²) in [5.74, 6) is 1.56. The molecule has 3 heteroatoms. The van der Waals surface area contributed by atoms with Crippen molar-refractivity contribution < 1.29 is 0 Å². The molecular weight excluding hydrogens is 234 g/mol. The highest BCUT2D eigenvalue weighted by atomic mass is 15.2. The summed E-state index contributed by atoms with van der Waals surface area (Å²) >= 11 is 0. The quantitative estimate of drug-likeness (QED) is 0.714. The normalized spacial score (nSPS) is 11.7. The summed E-state index contributed by atoms with van der Waals surface area (Å²) in [6.45, 7) is 21.8. The maximum atomic E-state index is 5.46. The van der Waals surface area contributed by atoms with Crippen LogP contribution in [0.15, 0.2) is 0 Å². The van der Waals surface area contributed by atoms with E-state index in [0.29, 0.717) is 12.1 Å². The van der Waals surface area contributed by atoms with Crippen molar-refractivity contribution in [2.24, 2.45) is 17.6 Å². The van der Waals surface area contributed by atoms with Gasteiger partial charge in [0.05, 0.1) is 0 Å². The van der Waals surface area contributed by atoms with E-state index in [1.165, 1.54) is 0 Å². The van der Waals surface area contributed by atoms with Gasteiger partial charge in [-0.15, -0.1) is 0 Å². The number of nitrogens with two attached hydrogens (primary N) is 1. The second kappa shape index (κ2) is 12.9. The number of rotatable bonds is 8. The number of nitrogens with one attached hydrogen (secondary N) is 1. The van der Waals surface area contributed by atoms with E-state index in [0.717, 1.165) is 38.0 Å². The average molecular weight is 274 g/mol. The molecule has 0 unspecified atom stereocenters. The first-order valence-electron chi connectivity index (χ1n) is 7.88. The Bertz CT molecular complexity index is 161.